The molecule has 6 nitrogen and oxygen atoms in total. The maximum Gasteiger partial charge on any atom is 0.238 e. The molecule has 0 radical (unpaired) electrons. The Labute approximate surface area is 143 Å². The van der Waals surface area contributed by atoms with Gasteiger partial charge >= 0.3 is 0 Å². The molecule has 0 saturated carbocycles. The van der Waals surface area contributed by atoms with Crippen molar-refractivity contribution >= 4 is 39.8 Å². The topological polar surface area (TPSA) is 81.9 Å². The Morgan fingerprint density at radius 3 is 2.87 bits per heavy atom. The van der Waals surface area contributed by atoms with Crippen LogP contribution in [0.1, 0.15) is 13.3 Å². The summed E-state index contributed by atoms with van der Waals surface area (Å²) in [7, 11) is 0. The van der Waals surface area contributed by atoms with Crippen molar-refractivity contribution in [3.63, 3.8) is 0 Å². The van der Waals surface area contributed by atoms with Crippen molar-refractivity contribution in [3.05, 3.63) is 30.3 Å². The average Bonchev–Trinajstić information content (AvgIpc) is 3.04. The van der Waals surface area contributed by atoms with Crippen LogP contribution >= 0.6 is 23.1 Å². The van der Waals surface area contributed by atoms with Gasteiger partial charge in [0.05, 0.1) is 11.8 Å². The molecule has 0 unspecified atom stereocenters. The van der Waals surface area contributed by atoms with Crippen molar-refractivity contribution in [3.8, 4) is 6.07 Å². The van der Waals surface area contributed by atoms with E-state index in [2.05, 4.69) is 22.4 Å². The van der Waals surface area contributed by atoms with Crippen LogP contribution in [0.2, 0.25) is 0 Å². The van der Waals surface area contributed by atoms with Crippen LogP contribution in [-0.2, 0) is 4.79 Å². The van der Waals surface area contributed by atoms with E-state index < -0.39 is 0 Å². The molecule has 120 valence electrons. The van der Waals surface area contributed by atoms with Gasteiger partial charge in [-0.3, -0.25) is 9.69 Å². The molecule has 1 amide bonds. The number of anilines is 2. The predicted octanol–water partition coefficient (Wildman–Crippen LogP) is 3.01. The van der Waals surface area contributed by atoms with Crippen molar-refractivity contribution in [2.75, 3.05) is 29.1 Å². The number of para-hydroxylation sites is 1. The van der Waals surface area contributed by atoms with Crippen molar-refractivity contribution < 1.29 is 4.79 Å². The highest BCUT2D eigenvalue weighted by molar-refractivity contribution is 8.01. The summed E-state index contributed by atoms with van der Waals surface area (Å²) in [6, 6.07) is 11.2. The second kappa shape index (κ2) is 9.12. The molecule has 1 heterocycles. The average molecular weight is 347 g/mol. The van der Waals surface area contributed by atoms with E-state index in [1.54, 1.807) is 0 Å². The quantitative estimate of drug-likeness (QED) is 0.584. The summed E-state index contributed by atoms with van der Waals surface area (Å²) in [5.41, 5.74) is 0.724. The molecule has 0 atom stereocenters. The summed E-state index contributed by atoms with van der Waals surface area (Å²) >= 11 is 2.77. The number of thioether (sulfide) groups is 1. The maximum absolute atomic E-state index is 12.4. The Hall–Kier alpha value is -2.11. The third-order valence-electron chi connectivity index (χ3n) is 2.85. The normalized spacial score (nSPS) is 10.1. The molecule has 0 aliphatic carbocycles. The molecule has 0 spiro atoms. The molecule has 2 aromatic rings. The highest BCUT2D eigenvalue weighted by Crippen LogP contribution is 2.26. The summed E-state index contributed by atoms with van der Waals surface area (Å²) < 4.78 is 0.738. The van der Waals surface area contributed by atoms with Gasteiger partial charge in [-0.15, -0.1) is 10.2 Å². The lowest BCUT2D eigenvalue weighted by Gasteiger charge is -2.19. The number of rotatable bonds is 8. The van der Waals surface area contributed by atoms with Gasteiger partial charge in [0.25, 0.3) is 0 Å². The number of nitrogens with zero attached hydrogens (tertiary/aromatic N) is 4. The predicted molar refractivity (Wildman–Crippen MR) is 93.8 cm³/mol. The first-order valence-corrected chi connectivity index (χ1v) is 8.97. The number of benzene rings is 1. The van der Waals surface area contributed by atoms with Crippen molar-refractivity contribution in [2.45, 2.75) is 17.7 Å². The highest BCUT2D eigenvalue weighted by Gasteiger charge is 2.16. The summed E-state index contributed by atoms with van der Waals surface area (Å²) in [6.45, 7) is 2.96. The van der Waals surface area contributed by atoms with Gasteiger partial charge in [-0.2, -0.15) is 5.26 Å². The Kier molecular flexibility index (Phi) is 6.84. The Morgan fingerprint density at radius 1 is 1.39 bits per heavy atom. The fourth-order valence-electron chi connectivity index (χ4n) is 1.77. The minimum absolute atomic E-state index is 0.0306. The number of hydrogen-bond acceptors (Lipinski definition) is 7. The van der Waals surface area contributed by atoms with Crippen molar-refractivity contribution in [2.24, 2.45) is 0 Å². The molecule has 0 saturated heterocycles. The second-order valence-corrected chi connectivity index (χ2v) is 6.76. The van der Waals surface area contributed by atoms with Crippen LogP contribution < -0.4 is 10.2 Å². The molecule has 1 N–H and O–H groups in total. The van der Waals surface area contributed by atoms with Crippen molar-refractivity contribution in [1.29, 1.82) is 5.26 Å². The number of amides is 1. The van der Waals surface area contributed by atoms with E-state index in [1.165, 1.54) is 28.0 Å². The third-order valence-corrected chi connectivity index (χ3v) is 4.85. The van der Waals surface area contributed by atoms with E-state index in [0.717, 1.165) is 28.1 Å². The van der Waals surface area contributed by atoms with E-state index in [-0.39, 0.29) is 18.2 Å². The zero-order valence-electron chi connectivity index (χ0n) is 12.7. The van der Waals surface area contributed by atoms with Gasteiger partial charge < -0.3 is 5.32 Å². The smallest absolute Gasteiger partial charge is 0.238 e. The molecular weight excluding hydrogens is 330 g/mol. The highest BCUT2D eigenvalue weighted by atomic mass is 32.2. The van der Waals surface area contributed by atoms with Crippen LogP contribution in [0.15, 0.2) is 34.7 Å². The molecule has 1 aromatic carbocycles. The van der Waals surface area contributed by atoms with Gasteiger partial charge in [0.15, 0.2) is 4.34 Å². The lowest BCUT2D eigenvalue weighted by Crippen LogP contribution is -2.32. The SMILES string of the molecule is CCCNc1nnc(SCC(=O)N(CC#N)c2ccccc2)s1. The number of nitriles is 1. The number of carbonyl (C=O) groups excluding carboxylic acids is 1. The molecule has 0 bridgehead atoms. The first-order chi connectivity index (χ1) is 11.2. The third kappa shape index (κ3) is 5.23. The van der Waals surface area contributed by atoms with Gasteiger partial charge in [0, 0.05) is 12.2 Å². The molecule has 8 heteroatoms. The molecular formula is C15H17N5OS2. The zero-order valence-corrected chi connectivity index (χ0v) is 14.4. The summed E-state index contributed by atoms with van der Waals surface area (Å²) in [4.78, 5) is 13.9. The largest absolute Gasteiger partial charge is 0.360 e. The minimum Gasteiger partial charge on any atom is -0.360 e. The Bertz CT molecular complexity index is 668. The fraction of sp³-hybridized carbons (Fsp3) is 0.333. The molecule has 0 fully saturated rings. The van der Waals surface area contributed by atoms with Gasteiger partial charge in [-0.25, -0.2) is 0 Å². The van der Waals surface area contributed by atoms with Crippen LogP contribution in [0.5, 0.6) is 0 Å². The van der Waals surface area contributed by atoms with Crippen LogP contribution in [0.3, 0.4) is 0 Å². The van der Waals surface area contributed by atoms with E-state index in [1.807, 2.05) is 36.4 Å². The second-order valence-electron chi connectivity index (χ2n) is 4.56. The Balaban J connectivity index is 1.94. The molecule has 23 heavy (non-hydrogen) atoms. The van der Waals surface area contributed by atoms with Gasteiger partial charge in [-0.05, 0) is 18.6 Å². The lowest BCUT2D eigenvalue weighted by atomic mass is 10.3. The van der Waals surface area contributed by atoms with Gasteiger partial charge in [0.2, 0.25) is 11.0 Å². The van der Waals surface area contributed by atoms with Crippen LogP contribution in [0, 0.1) is 11.3 Å². The number of carbonyl (C=O) groups is 1. The minimum atomic E-state index is -0.124. The Morgan fingerprint density at radius 2 is 2.17 bits per heavy atom. The van der Waals surface area contributed by atoms with Gasteiger partial charge in [-0.1, -0.05) is 48.2 Å². The van der Waals surface area contributed by atoms with E-state index in [0.29, 0.717) is 0 Å². The summed E-state index contributed by atoms with van der Waals surface area (Å²) in [6.07, 6.45) is 1.01. The van der Waals surface area contributed by atoms with E-state index >= 15 is 0 Å². The zero-order chi connectivity index (χ0) is 16.5. The number of hydrogen-bond donors (Lipinski definition) is 1. The maximum atomic E-state index is 12.4. The molecule has 1 aromatic heterocycles. The first-order valence-electron chi connectivity index (χ1n) is 7.17. The fourth-order valence-corrected chi connectivity index (χ4v) is 3.43. The summed E-state index contributed by atoms with van der Waals surface area (Å²) in [5, 5.41) is 20.9. The number of nitrogens with one attached hydrogen (secondary N) is 1. The van der Waals surface area contributed by atoms with E-state index in [9.17, 15) is 4.79 Å². The van der Waals surface area contributed by atoms with Crippen LogP contribution in [0.25, 0.3) is 0 Å². The van der Waals surface area contributed by atoms with Crippen LogP contribution in [-0.4, -0.2) is 34.9 Å². The van der Waals surface area contributed by atoms with Crippen LogP contribution in [0.4, 0.5) is 10.8 Å². The monoisotopic (exact) mass is 347 g/mol. The molecule has 0 aliphatic rings. The standard InChI is InChI=1S/C15H17N5OS2/c1-2-9-17-14-18-19-15(23-14)22-11-13(21)20(10-8-16)12-6-4-3-5-7-12/h3-7H,2,9-11H2,1H3,(H,17,18). The molecule has 0 aliphatic heterocycles. The van der Waals surface area contributed by atoms with E-state index in [4.69, 9.17) is 5.26 Å². The first kappa shape index (κ1) is 17.2. The summed E-state index contributed by atoms with van der Waals surface area (Å²) in [5.74, 6) is 0.0972. The number of aromatic nitrogens is 2. The lowest BCUT2D eigenvalue weighted by molar-refractivity contribution is -0.116. The van der Waals surface area contributed by atoms with Gasteiger partial charge in [0.1, 0.15) is 6.54 Å². The molecule has 2 rings (SSSR count). The van der Waals surface area contributed by atoms with Crippen molar-refractivity contribution in [1.82, 2.24) is 10.2 Å².